The number of nitrogens with one attached hydrogen (secondary N) is 3. The fourth-order valence-corrected chi connectivity index (χ4v) is 4.59. The Morgan fingerprint density at radius 3 is 2.42 bits per heavy atom. The van der Waals surface area contributed by atoms with E-state index >= 15 is 0 Å². The number of urea groups is 1. The van der Waals surface area contributed by atoms with E-state index in [-0.39, 0.29) is 17.9 Å². The maximum Gasteiger partial charge on any atom is 0.326 e. The van der Waals surface area contributed by atoms with Crippen LogP contribution in [0.25, 0.3) is 0 Å². The van der Waals surface area contributed by atoms with Crippen LogP contribution < -0.4 is 16.0 Å². The molecular weight excluding hydrogens is 458 g/mol. The first-order valence-corrected chi connectivity index (χ1v) is 11.7. The third-order valence-electron chi connectivity index (χ3n) is 6.46. The molecule has 182 valence electrons. The molecule has 9 heteroatoms. The minimum Gasteiger partial charge on any atom is -0.308 e. The van der Waals surface area contributed by atoms with Crippen LogP contribution in [0, 0.1) is 0 Å². The van der Waals surface area contributed by atoms with Gasteiger partial charge in [0.15, 0.2) is 0 Å². The van der Waals surface area contributed by atoms with Crippen molar-refractivity contribution in [2.24, 2.45) is 0 Å². The molecule has 1 aromatic heterocycles. The second-order valence-electron chi connectivity index (χ2n) is 8.99. The summed E-state index contributed by atoms with van der Waals surface area (Å²) in [5.74, 6) is -1.03. The van der Waals surface area contributed by atoms with Crippen LogP contribution in [0.2, 0.25) is 0 Å². The minimum absolute atomic E-state index is 0.244. The van der Waals surface area contributed by atoms with Crippen molar-refractivity contribution in [3.05, 3.63) is 94.8 Å². The lowest BCUT2D eigenvalue weighted by molar-refractivity contribution is -0.137. The number of hydrogen-bond acceptors (Lipinski definition) is 6. The number of nitrogens with zero attached hydrogens (tertiary/aromatic N) is 2. The van der Waals surface area contributed by atoms with Crippen LogP contribution in [0.4, 0.5) is 10.5 Å². The van der Waals surface area contributed by atoms with E-state index in [1.807, 2.05) is 35.2 Å². The van der Waals surface area contributed by atoms with E-state index in [2.05, 4.69) is 20.9 Å². The molecule has 3 N–H and O–H groups in total. The first kappa shape index (κ1) is 23.4. The summed E-state index contributed by atoms with van der Waals surface area (Å²) < 4.78 is 0. The van der Waals surface area contributed by atoms with Gasteiger partial charge < -0.3 is 5.32 Å². The average molecular weight is 484 g/mol. The molecule has 1 saturated heterocycles. The number of imide groups is 2. The molecule has 0 aliphatic carbocycles. The molecule has 3 aromatic rings. The second kappa shape index (κ2) is 10.1. The summed E-state index contributed by atoms with van der Waals surface area (Å²) in [6.45, 7) is 1.07. The standard InChI is InChI=1S/C27H25N5O4/c33-24-8-7-23(26(35)30-24)32-15-20-4-3-19(14-21(20)16-32)25(34)31-27(36)29-22-5-1-17(2-6-22)13-18-9-11-28-12-10-18/h1-6,9-12,14,23H,7-8,13,15-16H2,(H,30,33,35)(H2,29,31,34,36). The Kier molecular flexibility index (Phi) is 6.55. The molecule has 0 radical (unpaired) electrons. The van der Waals surface area contributed by atoms with Gasteiger partial charge in [-0.05, 0) is 71.5 Å². The number of carbonyl (C=O) groups excluding carboxylic acids is 4. The molecule has 1 fully saturated rings. The van der Waals surface area contributed by atoms with Crippen LogP contribution in [0.3, 0.4) is 0 Å². The highest BCUT2D eigenvalue weighted by atomic mass is 16.2. The van der Waals surface area contributed by atoms with Gasteiger partial charge in [-0.15, -0.1) is 0 Å². The van der Waals surface area contributed by atoms with Gasteiger partial charge in [0.1, 0.15) is 0 Å². The third-order valence-corrected chi connectivity index (χ3v) is 6.46. The molecule has 1 atom stereocenters. The highest BCUT2D eigenvalue weighted by molar-refractivity contribution is 6.08. The Morgan fingerprint density at radius 2 is 1.67 bits per heavy atom. The van der Waals surface area contributed by atoms with Gasteiger partial charge in [0.25, 0.3) is 5.91 Å². The minimum atomic E-state index is -0.618. The number of pyridine rings is 1. The van der Waals surface area contributed by atoms with E-state index in [0.717, 1.165) is 28.7 Å². The molecule has 1 unspecified atom stereocenters. The van der Waals surface area contributed by atoms with Crippen LogP contribution in [-0.2, 0) is 29.1 Å². The maximum absolute atomic E-state index is 12.7. The van der Waals surface area contributed by atoms with Gasteiger partial charge in [0, 0.05) is 43.2 Å². The van der Waals surface area contributed by atoms with Crippen LogP contribution in [-0.4, -0.2) is 39.7 Å². The molecule has 5 rings (SSSR count). The summed E-state index contributed by atoms with van der Waals surface area (Å²) in [6, 6.07) is 15.6. The van der Waals surface area contributed by atoms with Crippen molar-refractivity contribution in [3.63, 3.8) is 0 Å². The molecule has 9 nitrogen and oxygen atoms in total. The average Bonchev–Trinajstić information content (AvgIpc) is 3.29. The molecule has 5 amide bonds. The Hall–Kier alpha value is -4.37. The number of aromatic nitrogens is 1. The van der Waals surface area contributed by atoms with E-state index in [1.54, 1.807) is 36.7 Å². The molecular formula is C27H25N5O4. The molecule has 0 bridgehead atoms. The summed E-state index contributed by atoms with van der Waals surface area (Å²) in [4.78, 5) is 54.7. The summed E-state index contributed by atoms with van der Waals surface area (Å²) in [6.07, 6.45) is 5.06. The first-order chi connectivity index (χ1) is 17.4. The fourth-order valence-electron chi connectivity index (χ4n) is 4.59. The summed E-state index contributed by atoms with van der Waals surface area (Å²) in [7, 11) is 0. The van der Waals surface area contributed by atoms with Gasteiger partial charge in [-0.1, -0.05) is 18.2 Å². The SMILES string of the molecule is O=C1CCC(N2Cc3ccc(C(=O)NC(=O)Nc4ccc(Cc5ccncc5)cc4)cc3C2)C(=O)N1. The van der Waals surface area contributed by atoms with Crippen molar-refractivity contribution in [3.8, 4) is 0 Å². The molecule has 2 aliphatic rings. The number of benzene rings is 2. The maximum atomic E-state index is 12.7. The van der Waals surface area contributed by atoms with Gasteiger partial charge >= 0.3 is 6.03 Å². The van der Waals surface area contributed by atoms with E-state index in [4.69, 9.17) is 0 Å². The second-order valence-corrected chi connectivity index (χ2v) is 8.99. The van der Waals surface area contributed by atoms with Crippen molar-refractivity contribution < 1.29 is 19.2 Å². The van der Waals surface area contributed by atoms with Crippen LogP contribution in [0.1, 0.15) is 45.5 Å². The van der Waals surface area contributed by atoms with E-state index < -0.39 is 11.9 Å². The molecule has 2 aromatic carbocycles. The van der Waals surface area contributed by atoms with E-state index in [1.165, 1.54) is 0 Å². The fraction of sp³-hybridized carbons (Fsp3) is 0.222. The zero-order valence-electron chi connectivity index (χ0n) is 19.5. The molecule has 36 heavy (non-hydrogen) atoms. The monoisotopic (exact) mass is 483 g/mol. The summed E-state index contributed by atoms with van der Waals surface area (Å²) in [5, 5.41) is 7.44. The Labute approximate surface area is 207 Å². The lowest BCUT2D eigenvalue weighted by Crippen LogP contribution is -2.50. The van der Waals surface area contributed by atoms with Crippen molar-refractivity contribution in [2.75, 3.05) is 5.32 Å². The van der Waals surface area contributed by atoms with Gasteiger partial charge in [-0.25, -0.2) is 4.79 Å². The highest BCUT2D eigenvalue weighted by Gasteiger charge is 2.34. The first-order valence-electron chi connectivity index (χ1n) is 11.7. The number of rotatable bonds is 5. The molecule has 0 spiro atoms. The van der Waals surface area contributed by atoms with Crippen molar-refractivity contribution in [2.45, 2.75) is 38.4 Å². The predicted octanol–water partition coefficient (Wildman–Crippen LogP) is 2.76. The summed E-state index contributed by atoms with van der Waals surface area (Å²) >= 11 is 0. The number of hydrogen-bond donors (Lipinski definition) is 3. The van der Waals surface area contributed by atoms with Gasteiger partial charge in [0.2, 0.25) is 11.8 Å². The largest absolute Gasteiger partial charge is 0.326 e. The molecule has 0 saturated carbocycles. The van der Waals surface area contributed by atoms with E-state index in [9.17, 15) is 19.2 Å². The van der Waals surface area contributed by atoms with Crippen LogP contribution in [0.5, 0.6) is 0 Å². The van der Waals surface area contributed by atoms with Gasteiger partial charge in [0.05, 0.1) is 6.04 Å². The smallest absolute Gasteiger partial charge is 0.308 e. The lowest BCUT2D eigenvalue weighted by atomic mass is 10.0. The normalized spacial score (nSPS) is 17.3. The molecule has 3 heterocycles. The van der Waals surface area contributed by atoms with Crippen molar-refractivity contribution >= 4 is 29.4 Å². The van der Waals surface area contributed by atoms with Crippen LogP contribution in [0.15, 0.2) is 67.0 Å². The lowest BCUT2D eigenvalue weighted by Gasteiger charge is -2.29. The Balaban J connectivity index is 1.16. The number of anilines is 1. The number of fused-ring (bicyclic) bond motifs is 1. The van der Waals surface area contributed by atoms with Crippen LogP contribution >= 0.6 is 0 Å². The number of carbonyl (C=O) groups is 4. The van der Waals surface area contributed by atoms with Crippen molar-refractivity contribution in [1.29, 1.82) is 0 Å². The zero-order valence-corrected chi connectivity index (χ0v) is 19.5. The van der Waals surface area contributed by atoms with Gasteiger partial charge in [-0.2, -0.15) is 0 Å². The van der Waals surface area contributed by atoms with Gasteiger partial charge in [-0.3, -0.25) is 34.9 Å². The zero-order chi connectivity index (χ0) is 25.1. The number of amides is 5. The summed E-state index contributed by atoms with van der Waals surface area (Å²) in [5.41, 5.74) is 5.12. The predicted molar refractivity (Wildman–Crippen MR) is 132 cm³/mol. The topological polar surface area (TPSA) is 120 Å². The quantitative estimate of drug-likeness (QED) is 0.480. The van der Waals surface area contributed by atoms with Crippen molar-refractivity contribution in [1.82, 2.24) is 20.5 Å². The van der Waals surface area contributed by atoms with E-state index in [0.29, 0.717) is 37.2 Å². The Bertz CT molecular complexity index is 1320. The Morgan fingerprint density at radius 1 is 0.944 bits per heavy atom. The third kappa shape index (κ3) is 5.31. The molecule has 2 aliphatic heterocycles. The highest BCUT2D eigenvalue weighted by Crippen LogP contribution is 2.28. The number of piperidine rings is 1.